The number of anilines is 1. The van der Waals surface area contributed by atoms with Crippen molar-refractivity contribution in [3.8, 4) is 0 Å². The fourth-order valence-electron chi connectivity index (χ4n) is 2.73. The third-order valence-corrected chi connectivity index (χ3v) is 3.84. The molecule has 2 N–H and O–H groups in total. The van der Waals surface area contributed by atoms with E-state index < -0.39 is 11.7 Å². The summed E-state index contributed by atoms with van der Waals surface area (Å²) in [4.78, 5) is 14.0. The fraction of sp³-hybridized carbons (Fsp3) is 0.389. The highest BCUT2D eigenvalue weighted by Gasteiger charge is 2.20. The normalized spacial score (nSPS) is 13.5. The molecule has 1 aliphatic rings. The molecular formula is C18H23N5O2. The van der Waals surface area contributed by atoms with E-state index in [1.54, 1.807) is 20.8 Å². The minimum atomic E-state index is -0.619. The van der Waals surface area contributed by atoms with Gasteiger partial charge in [-0.05, 0) is 26.3 Å². The second-order valence-corrected chi connectivity index (χ2v) is 7.03. The number of amidine groups is 1. The van der Waals surface area contributed by atoms with Crippen LogP contribution in [0.25, 0.3) is 0 Å². The summed E-state index contributed by atoms with van der Waals surface area (Å²) in [6, 6.07) is 9.63. The zero-order chi connectivity index (χ0) is 18.0. The van der Waals surface area contributed by atoms with Crippen LogP contribution in [0.4, 0.5) is 10.6 Å². The van der Waals surface area contributed by atoms with Gasteiger partial charge in [-0.1, -0.05) is 24.3 Å². The Morgan fingerprint density at radius 3 is 2.64 bits per heavy atom. The Morgan fingerprint density at radius 1 is 1.24 bits per heavy atom. The van der Waals surface area contributed by atoms with Crippen LogP contribution in [-0.2, 0) is 17.8 Å². The molecule has 2 heterocycles. The van der Waals surface area contributed by atoms with Crippen molar-refractivity contribution < 1.29 is 9.53 Å². The molecule has 0 saturated carbocycles. The number of nitrogens with zero attached hydrogens (tertiary/aromatic N) is 3. The van der Waals surface area contributed by atoms with Crippen molar-refractivity contribution in [1.29, 1.82) is 5.41 Å². The van der Waals surface area contributed by atoms with Crippen molar-refractivity contribution in [2.24, 2.45) is 0 Å². The minimum Gasteiger partial charge on any atom is -0.444 e. The molecule has 0 radical (unpaired) electrons. The second kappa shape index (κ2) is 6.58. The molecule has 0 saturated heterocycles. The molecular weight excluding hydrogens is 318 g/mol. The maximum atomic E-state index is 11.7. The maximum Gasteiger partial charge on any atom is 0.413 e. The standard InChI is InChI=1S/C18H23N5O2/c1-18(2,3)25-17(24)21-16(19)14-6-4-13(5-7-14)12-22-10-11-23-15(22)8-9-20-23/h4-9H,10-12H2,1-3H3,(H2,19,21,24). The lowest BCUT2D eigenvalue weighted by atomic mass is 10.1. The van der Waals surface area contributed by atoms with Gasteiger partial charge in [-0.3, -0.25) is 10.7 Å². The average molecular weight is 341 g/mol. The van der Waals surface area contributed by atoms with E-state index in [1.807, 2.05) is 41.2 Å². The van der Waals surface area contributed by atoms with Gasteiger partial charge in [0.15, 0.2) is 0 Å². The van der Waals surface area contributed by atoms with E-state index in [0.717, 1.165) is 31.0 Å². The largest absolute Gasteiger partial charge is 0.444 e. The number of hydrogen-bond acceptors (Lipinski definition) is 5. The average Bonchev–Trinajstić information content (AvgIpc) is 3.11. The number of fused-ring (bicyclic) bond motifs is 1. The van der Waals surface area contributed by atoms with Crippen LogP contribution in [0.1, 0.15) is 31.9 Å². The molecule has 1 aromatic carbocycles. The number of alkyl carbamates (subject to hydrolysis) is 1. The minimum absolute atomic E-state index is 0.0278. The van der Waals surface area contributed by atoms with Crippen LogP contribution in [0.3, 0.4) is 0 Å². The Labute approximate surface area is 147 Å². The van der Waals surface area contributed by atoms with Crippen LogP contribution in [0.2, 0.25) is 0 Å². The van der Waals surface area contributed by atoms with Crippen molar-refractivity contribution in [3.63, 3.8) is 0 Å². The van der Waals surface area contributed by atoms with Crippen molar-refractivity contribution >= 4 is 17.7 Å². The molecule has 1 amide bonds. The summed E-state index contributed by atoms with van der Waals surface area (Å²) in [5.41, 5.74) is 1.20. The third kappa shape index (κ3) is 4.17. The van der Waals surface area contributed by atoms with Gasteiger partial charge in [0.1, 0.15) is 17.3 Å². The Morgan fingerprint density at radius 2 is 1.96 bits per heavy atom. The van der Waals surface area contributed by atoms with Gasteiger partial charge in [0, 0.05) is 24.7 Å². The van der Waals surface area contributed by atoms with E-state index in [-0.39, 0.29) is 5.84 Å². The molecule has 1 aliphatic heterocycles. The first-order valence-electron chi connectivity index (χ1n) is 8.26. The van der Waals surface area contributed by atoms with Gasteiger partial charge in [0.05, 0.1) is 12.7 Å². The Balaban J connectivity index is 1.59. The lowest BCUT2D eigenvalue weighted by Gasteiger charge is -2.20. The van der Waals surface area contributed by atoms with Crippen molar-refractivity contribution in [2.45, 2.75) is 39.5 Å². The van der Waals surface area contributed by atoms with Crippen LogP contribution >= 0.6 is 0 Å². The van der Waals surface area contributed by atoms with Gasteiger partial charge in [-0.15, -0.1) is 0 Å². The number of nitrogens with one attached hydrogen (secondary N) is 2. The first kappa shape index (κ1) is 17.0. The zero-order valence-electron chi connectivity index (χ0n) is 14.7. The SMILES string of the molecule is CC(C)(C)OC(=O)NC(=N)c1ccc(CN2CCn3nccc32)cc1. The summed E-state index contributed by atoms with van der Waals surface area (Å²) in [7, 11) is 0. The molecule has 132 valence electrons. The van der Waals surface area contributed by atoms with E-state index >= 15 is 0 Å². The number of aromatic nitrogens is 2. The van der Waals surface area contributed by atoms with Crippen molar-refractivity contribution in [2.75, 3.05) is 11.4 Å². The second-order valence-electron chi connectivity index (χ2n) is 7.03. The van der Waals surface area contributed by atoms with Gasteiger partial charge < -0.3 is 9.64 Å². The number of carbonyl (C=O) groups excluding carboxylic acids is 1. The van der Waals surface area contributed by atoms with Gasteiger partial charge in [0.2, 0.25) is 0 Å². The summed E-state index contributed by atoms with van der Waals surface area (Å²) in [5.74, 6) is 1.16. The van der Waals surface area contributed by atoms with E-state index in [2.05, 4.69) is 15.3 Å². The molecule has 25 heavy (non-hydrogen) atoms. The molecule has 0 aliphatic carbocycles. The van der Waals surface area contributed by atoms with E-state index in [4.69, 9.17) is 10.1 Å². The fourth-order valence-corrected chi connectivity index (χ4v) is 2.73. The van der Waals surface area contributed by atoms with Crippen LogP contribution in [0, 0.1) is 5.41 Å². The first-order valence-corrected chi connectivity index (χ1v) is 8.26. The van der Waals surface area contributed by atoms with E-state index in [9.17, 15) is 4.79 Å². The summed E-state index contributed by atoms with van der Waals surface area (Å²) in [6.45, 7) is 8.00. The van der Waals surface area contributed by atoms with E-state index in [1.165, 1.54) is 0 Å². The molecule has 0 fully saturated rings. The van der Waals surface area contributed by atoms with Crippen LogP contribution in [-0.4, -0.2) is 33.9 Å². The molecule has 1 aromatic heterocycles. The highest BCUT2D eigenvalue weighted by Crippen LogP contribution is 2.22. The molecule has 0 atom stereocenters. The summed E-state index contributed by atoms with van der Waals surface area (Å²) in [5, 5.41) is 14.7. The number of ether oxygens (including phenoxy) is 1. The van der Waals surface area contributed by atoms with Gasteiger partial charge in [-0.2, -0.15) is 5.10 Å². The highest BCUT2D eigenvalue weighted by molar-refractivity contribution is 6.04. The summed E-state index contributed by atoms with van der Waals surface area (Å²) in [6.07, 6.45) is 1.20. The molecule has 0 unspecified atom stereocenters. The molecule has 0 spiro atoms. The van der Waals surface area contributed by atoms with Crippen LogP contribution < -0.4 is 10.2 Å². The van der Waals surface area contributed by atoms with Gasteiger partial charge in [-0.25, -0.2) is 9.48 Å². The molecule has 3 rings (SSSR count). The van der Waals surface area contributed by atoms with Gasteiger partial charge in [0.25, 0.3) is 0 Å². The molecule has 2 aromatic rings. The van der Waals surface area contributed by atoms with Crippen LogP contribution in [0.15, 0.2) is 36.5 Å². The molecule has 0 bridgehead atoms. The Bertz CT molecular complexity index is 774. The number of amides is 1. The zero-order valence-corrected chi connectivity index (χ0v) is 14.7. The number of rotatable bonds is 3. The third-order valence-electron chi connectivity index (χ3n) is 3.84. The predicted octanol–water partition coefficient (Wildman–Crippen LogP) is 2.75. The van der Waals surface area contributed by atoms with Gasteiger partial charge >= 0.3 is 6.09 Å². The predicted molar refractivity (Wildman–Crippen MR) is 95.9 cm³/mol. The lowest BCUT2D eigenvalue weighted by molar-refractivity contribution is 0.0563. The lowest BCUT2D eigenvalue weighted by Crippen LogP contribution is -2.36. The summed E-state index contributed by atoms with van der Waals surface area (Å²) < 4.78 is 7.16. The molecule has 7 nitrogen and oxygen atoms in total. The van der Waals surface area contributed by atoms with Crippen LogP contribution in [0.5, 0.6) is 0 Å². The topological polar surface area (TPSA) is 83.2 Å². The molecule has 7 heteroatoms. The summed E-state index contributed by atoms with van der Waals surface area (Å²) >= 11 is 0. The Kier molecular flexibility index (Phi) is 4.48. The number of carbonyl (C=O) groups is 1. The van der Waals surface area contributed by atoms with E-state index in [0.29, 0.717) is 5.56 Å². The monoisotopic (exact) mass is 341 g/mol. The number of hydrogen-bond donors (Lipinski definition) is 2. The van der Waals surface area contributed by atoms with Crippen molar-refractivity contribution in [1.82, 2.24) is 15.1 Å². The number of benzene rings is 1. The quantitative estimate of drug-likeness (QED) is 0.664. The smallest absolute Gasteiger partial charge is 0.413 e. The maximum absolute atomic E-state index is 11.7. The first-order chi connectivity index (χ1) is 11.8. The van der Waals surface area contributed by atoms with Crippen molar-refractivity contribution in [3.05, 3.63) is 47.7 Å². The highest BCUT2D eigenvalue weighted by atomic mass is 16.6. The Hall–Kier alpha value is -2.83.